The molecule has 0 saturated carbocycles. The summed E-state index contributed by atoms with van der Waals surface area (Å²) in [4.78, 5) is 38.4. The van der Waals surface area contributed by atoms with E-state index in [9.17, 15) is 14.4 Å². The number of rotatable bonds is 59. The number of carbonyl (C=O) groups is 3. The second-order valence-corrected chi connectivity index (χ2v) is 21.6. The molecular weight excluding hydrogens is 997 g/mol. The summed E-state index contributed by atoms with van der Waals surface area (Å²) in [5, 5.41) is 0. The molecule has 0 amide bonds. The minimum atomic E-state index is -0.832. The molecular formula is C75H122O6. The molecule has 0 spiro atoms. The standard InChI is InChI=1S/C75H122O6/c1-4-7-10-13-16-19-22-25-28-31-33-35-36-37-38-40-41-44-47-50-53-56-59-62-65-68-74(77)80-71-72(70-79-73(76)67-64-61-58-55-52-49-46-43-30-27-24-21-18-15-12-9-6-3)81-75(78)69-66-63-60-57-54-51-48-45-42-39-34-32-29-26-23-20-17-14-11-8-5-2/h8-9,11-12,17-18,20-21,26-27,29-31,33-34,39,45-46,48-49,54-55,57-58,72H,4-7,10,13-16,19,22-25,28,32,35-38,40-44,47,50-53,56,59-71H2,1-3H3/b11-8-,12-9-,20-17-,21-18-,29-26-,30-27-,33-31-,39-34-,48-45-,49-46-,57-54-,58-55-. The fourth-order valence-electron chi connectivity index (χ4n) is 8.89. The van der Waals surface area contributed by atoms with E-state index in [1.54, 1.807) is 0 Å². The molecule has 0 aliphatic rings. The first-order valence-corrected chi connectivity index (χ1v) is 33.3. The van der Waals surface area contributed by atoms with E-state index in [1.807, 2.05) is 0 Å². The summed E-state index contributed by atoms with van der Waals surface area (Å²) in [6, 6.07) is 0. The fourth-order valence-corrected chi connectivity index (χ4v) is 8.89. The highest BCUT2D eigenvalue weighted by Crippen LogP contribution is 2.16. The van der Waals surface area contributed by atoms with E-state index in [2.05, 4.69) is 167 Å². The summed E-state index contributed by atoms with van der Waals surface area (Å²) in [6.07, 6.45) is 97.3. The Morgan fingerprint density at radius 1 is 0.259 bits per heavy atom. The number of allylic oxidation sites excluding steroid dienone is 24. The van der Waals surface area contributed by atoms with Crippen molar-refractivity contribution >= 4 is 17.9 Å². The number of carbonyl (C=O) groups excluding carboxylic acids is 3. The monoisotopic (exact) mass is 1120 g/mol. The third kappa shape index (κ3) is 66.0. The van der Waals surface area contributed by atoms with Crippen molar-refractivity contribution in [1.29, 1.82) is 0 Å². The predicted molar refractivity (Wildman–Crippen MR) is 352 cm³/mol. The zero-order valence-electron chi connectivity index (χ0n) is 52.5. The van der Waals surface area contributed by atoms with E-state index < -0.39 is 6.10 Å². The molecule has 0 aliphatic carbocycles. The number of esters is 3. The van der Waals surface area contributed by atoms with Crippen LogP contribution in [0.4, 0.5) is 0 Å². The van der Waals surface area contributed by atoms with Crippen LogP contribution in [-0.2, 0) is 28.6 Å². The van der Waals surface area contributed by atoms with Crippen LogP contribution in [0.1, 0.15) is 290 Å². The van der Waals surface area contributed by atoms with Crippen LogP contribution in [0.25, 0.3) is 0 Å². The Balaban J connectivity index is 4.49. The molecule has 0 aromatic rings. The molecule has 0 fully saturated rings. The second kappa shape index (κ2) is 67.8. The highest BCUT2D eigenvalue weighted by Gasteiger charge is 2.19. The van der Waals surface area contributed by atoms with E-state index in [0.29, 0.717) is 19.3 Å². The van der Waals surface area contributed by atoms with Crippen LogP contribution in [0, 0.1) is 0 Å². The number of ether oxygens (including phenoxy) is 3. The smallest absolute Gasteiger partial charge is 0.306 e. The molecule has 0 aromatic carbocycles. The number of hydrogen-bond acceptors (Lipinski definition) is 6. The summed E-state index contributed by atoms with van der Waals surface area (Å²) in [6.45, 7) is 6.34. The quantitative estimate of drug-likeness (QED) is 0.0261. The van der Waals surface area contributed by atoms with Crippen LogP contribution < -0.4 is 0 Å². The summed E-state index contributed by atoms with van der Waals surface area (Å²) >= 11 is 0. The second-order valence-electron chi connectivity index (χ2n) is 21.6. The lowest BCUT2D eigenvalue weighted by Gasteiger charge is -2.18. The van der Waals surface area contributed by atoms with E-state index in [4.69, 9.17) is 14.2 Å². The van der Waals surface area contributed by atoms with Crippen LogP contribution >= 0.6 is 0 Å². The van der Waals surface area contributed by atoms with Crippen molar-refractivity contribution in [2.24, 2.45) is 0 Å². The van der Waals surface area contributed by atoms with Crippen molar-refractivity contribution < 1.29 is 28.6 Å². The molecule has 0 rings (SSSR count). The van der Waals surface area contributed by atoms with Crippen molar-refractivity contribution in [1.82, 2.24) is 0 Å². The number of unbranched alkanes of at least 4 members (excludes halogenated alkanes) is 24. The average Bonchev–Trinajstić information content (AvgIpc) is 3.47. The van der Waals surface area contributed by atoms with Crippen LogP contribution in [0.5, 0.6) is 0 Å². The summed E-state index contributed by atoms with van der Waals surface area (Å²) < 4.78 is 16.9. The highest BCUT2D eigenvalue weighted by atomic mass is 16.6. The molecule has 0 N–H and O–H groups in total. The van der Waals surface area contributed by atoms with Gasteiger partial charge < -0.3 is 14.2 Å². The van der Waals surface area contributed by atoms with Gasteiger partial charge in [-0.15, -0.1) is 0 Å². The van der Waals surface area contributed by atoms with Crippen LogP contribution in [0.2, 0.25) is 0 Å². The van der Waals surface area contributed by atoms with Gasteiger partial charge >= 0.3 is 17.9 Å². The Kier molecular flexibility index (Phi) is 63.9. The van der Waals surface area contributed by atoms with Gasteiger partial charge in [-0.2, -0.15) is 0 Å². The first-order chi connectivity index (χ1) is 40.0. The first-order valence-electron chi connectivity index (χ1n) is 33.3. The minimum absolute atomic E-state index is 0.118. The fraction of sp³-hybridized carbons (Fsp3) is 0.640. The number of hydrogen-bond donors (Lipinski definition) is 0. The Hall–Kier alpha value is -4.71. The molecule has 1 unspecified atom stereocenters. The lowest BCUT2D eigenvalue weighted by molar-refractivity contribution is -0.167. The van der Waals surface area contributed by atoms with Gasteiger partial charge in [-0.25, -0.2) is 0 Å². The molecule has 0 aromatic heterocycles. The molecule has 1 atom stereocenters. The Morgan fingerprint density at radius 2 is 0.494 bits per heavy atom. The maximum absolute atomic E-state index is 12.9. The van der Waals surface area contributed by atoms with E-state index in [-0.39, 0.29) is 44.0 Å². The van der Waals surface area contributed by atoms with Crippen molar-refractivity contribution in [3.63, 3.8) is 0 Å². The summed E-state index contributed by atoms with van der Waals surface area (Å²) in [5.41, 5.74) is 0. The predicted octanol–water partition coefficient (Wildman–Crippen LogP) is 23.1. The maximum atomic E-state index is 12.9. The third-order valence-electron chi connectivity index (χ3n) is 13.8. The largest absolute Gasteiger partial charge is 0.462 e. The van der Waals surface area contributed by atoms with Gasteiger partial charge in [0.15, 0.2) is 6.10 Å². The molecule has 0 saturated heterocycles. The molecule has 6 heteroatoms. The molecule has 6 nitrogen and oxygen atoms in total. The molecule has 0 radical (unpaired) electrons. The molecule has 0 heterocycles. The van der Waals surface area contributed by atoms with Gasteiger partial charge in [0.25, 0.3) is 0 Å². The Labute approximate surface area is 499 Å². The lowest BCUT2D eigenvalue weighted by atomic mass is 10.0. The molecule has 81 heavy (non-hydrogen) atoms. The van der Waals surface area contributed by atoms with Gasteiger partial charge in [-0.3, -0.25) is 14.4 Å². The van der Waals surface area contributed by atoms with Gasteiger partial charge in [0.05, 0.1) is 0 Å². The van der Waals surface area contributed by atoms with Crippen LogP contribution in [-0.4, -0.2) is 37.2 Å². The van der Waals surface area contributed by atoms with Crippen molar-refractivity contribution in [2.75, 3.05) is 13.2 Å². The molecule has 458 valence electrons. The van der Waals surface area contributed by atoms with Gasteiger partial charge in [-0.05, 0) is 135 Å². The average molecular weight is 1120 g/mol. The third-order valence-corrected chi connectivity index (χ3v) is 13.8. The van der Waals surface area contributed by atoms with E-state index >= 15 is 0 Å². The SMILES string of the molecule is CC/C=C\C/C=C\C/C=C\C/C=C\C/C=C\C/C=C\CCCCC(=O)OC(COC(=O)CCC/C=C\C/C=C\C/C=C\C/C=C\C/C=C\CC)COC(=O)CCCCCCCCCCCCCCC/C=C\CCCCCCCCCC. The van der Waals surface area contributed by atoms with E-state index in [1.165, 1.54) is 128 Å². The topological polar surface area (TPSA) is 78.9 Å². The Bertz CT molecular complexity index is 1760. The van der Waals surface area contributed by atoms with Crippen molar-refractivity contribution in [3.8, 4) is 0 Å². The zero-order valence-corrected chi connectivity index (χ0v) is 52.5. The first kappa shape index (κ1) is 76.3. The summed E-state index contributed by atoms with van der Waals surface area (Å²) in [5.74, 6) is -1.02. The Morgan fingerprint density at radius 3 is 0.840 bits per heavy atom. The van der Waals surface area contributed by atoms with Gasteiger partial charge in [-0.1, -0.05) is 282 Å². The van der Waals surface area contributed by atoms with Gasteiger partial charge in [0.1, 0.15) is 13.2 Å². The van der Waals surface area contributed by atoms with Crippen molar-refractivity contribution in [2.45, 2.75) is 297 Å². The maximum Gasteiger partial charge on any atom is 0.306 e. The lowest BCUT2D eigenvalue weighted by Crippen LogP contribution is -2.30. The zero-order chi connectivity index (χ0) is 58.5. The normalized spacial score (nSPS) is 13.1. The molecule has 0 aliphatic heterocycles. The van der Waals surface area contributed by atoms with Gasteiger partial charge in [0, 0.05) is 19.3 Å². The van der Waals surface area contributed by atoms with Crippen LogP contribution in [0.3, 0.4) is 0 Å². The molecule has 0 bridgehead atoms. The highest BCUT2D eigenvalue weighted by molar-refractivity contribution is 5.71. The minimum Gasteiger partial charge on any atom is -0.462 e. The van der Waals surface area contributed by atoms with Crippen LogP contribution in [0.15, 0.2) is 146 Å². The van der Waals surface area contributed by atoms with E-state index in [0.717, 1.165) is 109 Å². The van der Waals surface area contributed by atoms with Crippen molar-refractivity contribution in [3.05, 3.63) is 146 Å². The van der Waals surface area contributed by atoms with Gasteiger partial charge in [0.2, 0.25) is 0 Å². The summed E-state index contributed by atoms with van der Waals surface area (Å²) in [7, 11) is 0.